The Balaban J connectivity index is 2.15. The molecule has 0 heterocycles. The number of benzene rings is 3. The Hall–Kier alpha value is -2.64. The Morgan fingerprint density at radius 3 is 1.42 bits per heavy atom. The van der Waals surface area contributed by atoms with Gasteiger partial charge in [-0.3, -0.25) is 0 Å². The third kappa shape index (κ3) is 3.88. The van der Waals surface area contributed by atoms with Crippen molar-refractivity contribution < 1.29 is 0 Å². The normalized spacial score (nSPS) is 16.5. The van der Waals surface area contributed by atoms with E-state index in [-0.39, 0.29) is 5.41 Å². The second-order valence-corrected chi connectivity index (χ2v) is 14.1. The molecule has 0 saturated heterocycles. The summed E-state index contributed by atoms with van der Waals surface area (Å²) in [5.41, 5.74) is 6.04. The third-order valence-corrected chi connectivity index (χ3v) is 11.8. The highest BCUT2D eigenvalue weighted by Crippen LogP contribution is 2.44. The molecule has 1 aliphatic carbocycles. The SMILES string of the molecule is Cc1cccc([Si](c2cccc(C)c2)(c2cccc(C)c2)C2C=CC=C2C(C)(C)C)c1. The molecule has 3 aromatic rings. The molecule has 0 aromatic heterocycles. The van der Waals surface area contributed by atoms with Crippen molar-refractivity contribution in [2.24, 2.45) is 5.41 Å². The van der Waals surface area contributed by atoms with Crippen LogP contribution in [-0.2, 0) is 0 Å². The number of hydrogen-bond donors (Lipinski definition) is 0. The van der Waals surface area contributed by atoms with Gasteiger partial charge < -0.3 is 0 Å². The van der Waals surface area contributed by atoms with Crippen LogP contribution in [0.1, 0.15) is 37.5 Å². The lowest BCUT2D eigenvalue weighted by Gasteiger charge is -2.43. The van der Waals surface area contributed by atoms with E-state index >= 15 is 0 Å². The van der Waals surface area contributed by atoms with Crippen LogP contribution < -0.4 is 15.6 Å². The van der Waals surface area contributed by atoms with E-state index in [1.165, 1.54) is 32.3 Å². The molecular weight excluding hydrogens is 388 g/mol. The van der Waals surface area contributed by atoms with Gasteiger partial charge in [0, 0.05) is 5.54 Å². The molecule has 1 atom stereocenters. The third-order valence-electron chi connectivity index (χ3n) is 6.67. The molecule has 0 aliphatic heterocycles. The van der Waals surface area contributed by atoms with E-state index in [0.29, 0.717) is 5.54 Å². The average molecular weight is 423 g/mol. The van der Waals surface area contributed by atoms with Crippen LogP contribution in [0.5, 0.6) is 0 Å². The Labute approximate surface area is 189 Å². The predicted molar refractivity (Wildman–Crippen MR) is 139 cm³/mol. The van der Waals surface area contributed by atoms with Gasteiger partial charge in [0.25, 0.3) is 0 Å². The molecule has 1 heteroatoms. The Morgan fingerprint density at radius 1 is 0.645 bits per heavy atom. The molecular formula is C30H34Si. The molecule has 158 valence electrons. The van der Waals surface area contributed by atoms with Crippen LogP contribution in [-0.4, -0.2) is 8.07 Å². The minimum absolute atomic E-state index is 0.115. The van der Waals surface area contributed by atoms with Crippen molar-refractivity contribution in [3.63, 3.8) is 0 Å². The number of rotatable bonds is 4. The van der Waals surface area contributed by atoms with Gasteiger partial charge in [0.2, 0.25) is 0 Å². The van der Waals surface area contributed by atoms with Gasteiger partial charge in [-0.1, -0.05) is 134 Å². The summed E-state index contributed by atoms with van der Waals surface area (Å²) < 4.78 is 0. The van der Waals surface area contributed by atoms with Crippen LogP contribution in [0, 0.1) is 26.2 Å². The van der Waals surface area contributed by atoms with Gasteiger partial charge in [-0.05, 0) is 41.7 Å². The molecule has 0 fully saturated rings. The fourth-order valence-corrected chi connectivity index (χ4v) is 11.2. The zero-order valence-corrected chi connectivity index (χ0v) is 20.7. The second kappa shape index (κ2) is 8.13. The highest BCUT2D eigenvalue weighted by molar-refractivity contribution is 7.13. The zero-order valence-electron chi connectivity index (χ0n) is 19.7. The van der Waals surface area contributed by atoms with Crippen molar-refractivity contribution in [3.05, 3.63) is 113 Å². The lowest BCUT2D eigenvalue weighted by atomic mass is 9.85. The molecule has 1 aliphatic rings. The molecule has 0 amide bonds. The summed E-state index contributed by atoms with van der Waals surface area (Å²) in [5.74, 6) is 0. The molecule has 0 N–H and O–H groups in total. The molecule has 3 aromatic carbocycles. The predicted octanol–water partition coefficient (Wildman–Crippen LogP) is 5.99. The number of aryl methyl sites for hydroxylation is 3. The van der Waals surface area contributed by atoms with Gasteiger partial charge in [-0.15, -0.1) is 0 Å². The van der Waals surface area contributed by atoms with E-state index in [1.54, 1.807) is 5.57 Å². The van der Waals surface area contributed by atoms with E-state index in [4.69, 9.17) is 0 Å². The van der Waals surface area contributed by atoms with E-state index in [0.717, 1.165) is 0 Å². The van der Waals surface area contributed by atoms with Crippen LogP contribution in [0.4, 0.5) is 0 Å². The van der Waals surface area contributed by atoms with Gasteiger partial charge >= 0.3 is 0 Å². The molecule has 0 nitrogen and oxygen atoms in total. The first kappa shape index (κ1) is 21.6. The van der Waals surface area contributed by atoms with Gasteiger partial charge in [-0.2, -0.15) is 0 Å². The van der Waals surface area contributed by atoms with Crippen molar-refractivity contribution in [1.82, 2.24) is 0 Å². The number of hydrogen-bond acceptors (Lipinski definition) is 0. The molecule has 4 rings (SSSR count). The summed E-state index contributed by atoms with van der Waals surface area (Å²) in [5, 5.41) is 4.49. The van der Waals surface area contributed by atoms with Crippen molar-refractivity contribution >= 4 is 23.6 Å². The summed E-state index contributed by atoms with van der Waals surface area (Å²) in [6.45, 7) is 13.8. The maximum absolute atomic E-state index is 2.49. The summed E-state index contributed by atoms with van der Waals surface area (Å²) in [6.07, 6.45) is 7.17. The minimum Gasteiger partial charge on any atom is -0.0790 e. The maximum Gasteiger partial charge on any atom is 0.159 e. The van der Waals surface area contributed by atoms with Gasteiger partial charge in [-0.25, -0.2) is 0 Å². The van der Waals surface area contributed by atoms with Crippen LogP contribution >= 0.6 is 0 Å². The Morgan fingerprint density at radius 2 is 1.06 bits per heavy atom. The highest BCUT2D eigenvalue weighted by atomic mass is 28.3. The average Bonchev–Trinajstić information content (AvgIpc) is 3.20. The summed E-state index contributed by atoms with van der Waals surface area (Å²) in [7, 11) is -2.41. The first-order chi connectivity index (χ1) is 14.7. The molecule has 0 spiro atoms. The largest absolute Gasteiger partial charge is 0.159 e. The zero-order chi connectivity index (χ0) is 22.2. The van der Waals surface area contributed by atoms with Crippen LogP contribution in [0.15, 0.2) is 96.6 Å². The highest BCUT2D eigenvalue weighted by Gasteiger charge is 2.49. The second-order valence-electron chi connectivity index (χ2n) is 10.2. The molecule has 0 bridgehead atoms. The van der Waals surface area contributed by atoms with Gasteiger partial charge in [0.1, 0.15) is 0 Å². The minimum atomic E-state index is -2.41. The molecule has 31 heavy (non-hydrogen) atoms. The molecule has 0 radical (unpaired) electrons. The lowest BCUT2D eigenvalue weighted by molar-refractivity contribution is 0.495. The van der Waals surface area contributed by atoms with E-state index in [9.17, 15) is 0 Å². The first-order valence-electron chi connectivity index (χ1n) is 11.3. The molecule has 0 saturated carbocycles. The van der Waals surface area contributed by atoms with E-state index in [1.807, 2.05) is 0 Å². The quantitative estimate of drug-likeness (QED) is 0.358. The topological polar surface area (TPSA) is 0 Å². The summed E-state index contributed by atoms with van der Waals surface area (Å²) in [4.78, 5) is 0. The maximum atomic E-state index is 2.49. The van der Waals surface area contributed by atoms with E-state index in [2.05, 4.69) is 133 Å². The van der Waals surface area contributed by atoms with Gasteiger partial charge in [0.15, 0.2) is 8.07 Å². The van der Waals surface area contributed by atoms with Crippen LogP contribution in [0.2, 0.25) is 5.54 Å². The standard InChI is InChI=1S/C30H34Si/c1-22-11-7-14-25(19-22)31(26-15-8-12-23(2)20-26,27-16-9-13-24(3)21-27)29-18-10-17-28(29)30(4,5)6/h7-21,29H,1-6H3. The van der Waals surface area contributed by atoms with Crippen molar-refractivity contribution in [1.29, 1.82) is 0 Å². The Bertz CT molecular complexity index is 1050. The summed E-state index contributed by atoms with van der Waals surface area (Å²) in [6, 6.07) is 27.9. The van der Waals surface area contributed by atoms with Gasteiger partial charge in [0.05, 0.1) is 0 Å². The Kier molecular flexibility index (Phi) is 5.66. The smallest absolute Gasteiger partial charge is 0.0790 e. The summed E-state index contributed by atoms with van der Waals surface area (Å²) >= 11 is 0. The first-order valence-corrected chi connectivity index (χ1v) is 13.4. The van der Waals surface area contributed by atoms with Crippen LogP contribution in [0.25, 0.3) is 0 Å². The number of allylic oxidation sites excluding steroid dienone is 4. The monoisotopic (exact) mass is 422 g/mol. The van der Waals surface area contributed by atoms with Crippen molar-refractivity contribution in [2.45, 2.75) is 47.1 Å². The fraction of sp³-hybridized carbons (Fsp3) is 0.267. The van der Waals surface area contributed by atoms with Crippen LogP contribution in [0.3, 0.4) is 0 Å². The van der Waals surface area contributed by atoms with E-state index < -0.39 is 8.07 Å². The fourth-order valence-electron chi connectivity index (χ4n) is 5.28. The lowest BCUT2D eigenvalue weighted by Crippen LogP contribution is -2.70. The van der Waals surface area contributed by atoms with Crippen molar-refractivity contribution in [2.75, 3.05) is 0 Å². The molecule has 1 unspecified atom stereocenters. The van der Waals surface area contributed by atoms with Crippen molar-refractivity contribution in [3.8, 4) is 0 Å².